The smallest absolute Gasteiger partial charge is 0.275 e. The molecule has 0 radical (unpaired) electrons. The summed E-state index contributed by atoms with van der Waals surface area (Å²) >= 11 is 0. The van der Waals surface area contributed by atoms with E-state index in [-0.39, 0.29) is 11.6 Å². The molecular formula is C20H20N4O3. The van der Waals surface area contributed by atoms with Crippen LogP contribution in [-0.2, 0) is 0 Å². The minimum absolute atomic E-state index is 0.218. The third kappa shape index (κ3) is 4.94. The molecular weight excluding hydrogens is 344 g/mol. The predicted molar refractivity (Wildman–Crippen MR) is 104 cm³/mol. The van der Waals surface area contributed by atoms with Crippen LogP contribution < -0.4 is 20.1 Å². The monoisotopic (exact) mass is 364 g/mol. The Labute approximate surface area is 157 Å². The van der Waals surface area contributed by atoms with Crippen molar-refractivity contribution in [1.29, 1.82) is 0 Å². The maximum absolute atomic E-state index is 12.3. The molecule has 0 aliphatic heterocycles. The van der Waals surface area contributed by atoms with E-state index in [0.717, 1.165) is 11.4 Å². The molecule has 0 bridgehead atoms. The molecule has 0 unspecified atom stereocenters. The van der Waals surface area contributed by atoms with Crippen molar-refractivity contribution in [1.82, 2.24) is 9.97 Å². The standard InChI is InChI=1S/C20H20N4O3/c1-3-27-16-9-7-14(8-10-16)23-19-13-21-18(12-22-19)20(25)24-15-5-4-6-17(11-15)26-2/h4-13H,3H2,1-2H3,(H,22,23)(H,24,25). The van der Waals surface area contributed by atoms with Gasteiger partial charge in [-0.25, -0.2) is 9.97 Å². The third-order valence-electron chi connectivity index (χ3n) is 3.65. The van der Waals surface area contributed by atoms with Gasteiger partial charge >= 0.3 is 0 Å². The van der Waals surface area contributed by atoms with E-state index in [2.05, 4.69) is 20.6 Å². The quantitative estimate of drug-likeness (QED) is 0.662. The van der Waals surface area contributed by atoms with Crippen LogP contribution in [0.2, 0.25) is 0 Å². The third-order valence-corrected chi connectivity index (χ3v) is 3.65. The van der Waals surface area contributed by atoms with Crippen LogP contribution in [0.4, 0.5) is 17.2 Å². The summed E-state index contributed by atoms with van der Waals surface area (Å²) in [5.74, 6) is 1.66. The largest absolute Gasteiger partial charge is 0.497 e. The summed E-state index contributed by atoms with van der Waals surface area (Å²) in [4.78, 5) is 20.7. The van der Waals surface area contributed by atoms with Crippen LogP contribution in [0.3, 0.4) is 0 Å². The Bertz CT molecular complexity index is 896. The minimum atomic E-state index is -0.344. The molecule has 7 nitrogen and oxygen atoms in total. The summed E-state index contributed by atoms with van der Waals surface area (Å²) in [5, 5.41) is 5.89. The number of carbonyl (C=O) groups is 1. The van der Waals surface area contributed by atoms with Gasteiger partial charge in [0.15, 0.2) is 0 Å². The van der Waals surface area contributed by atoms with E-state index in [1.165, 1.54) is 12.4 Å². The number of anilines is 3. The van der Waals surface area contributed by atoms with Gasteiger partial charge in [0.05, 0.1) is 26.1 Å². The molecule has 2 N–H and O–H groups in total. The molecule has 1 amide bonds. The zero-order chi connectivity index (χ0) is 19.1. The van der Waals surface area contributed by atoms with Crippen molar-refractivity contribution >= 4 is 23.1 Å². The van der Waals surface area contributed by atoms with Gasteiger partial charge in [0.1, 0.15) is 23.0 Å². The second-order valence-electron chi connectivity index (χ2n) is 5.56. The molecule has 1 aromatic heterocycles. The summed E-state index contributed by atoms with van der Waals surface area (Å²) in [5.41, 5.74) is 1.69. The van der Waals surface area contributed by atoms with Gasteiger partial charge in [-0.05, 0) is 43.3 Å². The van der Waals surface area contributed by atoms with Gasteiger partial charge in [-0.15, -0.1) is 0 Å². The van der Waals surface area contributed by atoms with Gasteiger partial charge < -0.3 is 20.1 Å². The van der Waals surface area contributed by atoms with Crippen molar-refractivity contribution < 1.29 is 14.3 Å². The van der Waals surface area contributed by atoms with Crippen molar-refractivity contribution in [3.05, 3.63) is 66.6 Å². The van der Waals surface area contributed by atoms with E-state index in [4.69, 9.17) is 9.47 Å². The molecule has 0 fully saturated rings. The highest BCUT2D eigenvalue weighted by molar-refractivity contribution is 6.02. The molecule has 27 heavy (non-hydrogen) atoms. The molecule has 3 aromatic rings. The number of amides is 1. The Hall–Kier alpha value is -3.61. The molecule has 0 spiro atoms. The average molecular weight is 364 g/mol. The molecule has 3 rings (SSSR count). The Morgan fingerprint density at radius 1 is 1.00 bits per heavy atom. The van der Waals surface area contributed by atoms with Crippen LogP contribution in [-0.4, -0.2) is 29.6 Å². The van der Waals surface area contributed by atoms with Gasteiger partial charge in [-0.2, -0.15) is 0 Å². The van der Waals surface area contributed by atoms with Gasteiger partial charge in [-0.3, -0.25) is 4.79 Å². The predicted octanol–water partition coefficient (Wildman–Crippen LogP) is 3.88. The lowest BCUT2D eigenvalue weighted by atomic mass is 10.3. The highest BCUT2D eigenvalue weighted by Gasteiger charge is 2.09. The fraction of sp³-hybridized carbons (Fsp3) is 0.150. The zero-order valence-electron chi connectivity index (χ0n) is 15.1. The van der Waals surface area contributed by atoms with Gasteiger partial charge in [0.25, 0.3) is 5.91 Å². The molecule has 0 aliphatic carbocycles. The molecule has 2 aromatic carbocycles. The lowest BCUT2D eigenvalue weighted by Crippen LogP contribution is -2.14. The van der Waals surface area contributed by atoms with Crippen molar-refractivity contribution in [3.63, 3.8) is 0 Å². The molecule has 0 saturated heterocycles. The van der Waals surface area contributed by atoms with Crippen LogP contribution >= 0.6 is 0 Å². The highest BCUT2D eigenvalue weighted by atomic mass is 16.5. The number of aromatic nitrogens is 2. The lowest BCUT2D eigenvalue weighted by Gasteiger charge is -2.08. The van der Waals surface area contributed by atoms with Crippen molar-refractivity contribution in [2.45, 2.75) is 6.92 Å². The number of carbonyl (C=O) groups excluding carboxylic acids is 1. The number of nitrogens with one attached hydrogen (secondary N) is 2. The van der Waals surface area contributed by atoms with Crippen molar-refractivity contribution in [2.75, 3.05) is 24.4 Å². The maximum Gasteiger partial charge on any atom is 0.275 e. The number of nitrogens with zero attached hydrogens (tertiary/aromatic N) is 2. The molecule has 0 atom stereocenters. The van der Waals surface area contributed by atoms with Gasteiger partial charge in [-0.1, -0.05) is 6.07 Å². The summed E-state index contributed by atoms with van der Waals surface area (Å²) < 4.78 is 10.5. The van der Waals surface area contributed by atoms with Crippen LogP contribution in [0.25, 0.3) is 0 Å². The van der Waals surface area contributed by atoms with Crippen LogP contribution in [0.1, 0.15) is 17.4 Å². The van der Waals surface area contributed by atoms with Gasteiger partial charge in [0, 0.05) is 17.4 Å². The number of rotatable bonds is 7. The zero-order valence-corrected chi connectivity index (χ0v) is 15.1. The fourth-order valence-corrected chi connectivity index (χ4v) is 2.35. The minimum Gasteiger partial charge on any atom is -0.497 e. The lowest BCUT2D eigenvalue weighted by molar-refractivity contribution is 0.102. The SMILES string of the molecule is CCOc1ccc(Nc2cnc(C(=O)Nc3cccc(OC)c3)cn2)cc1. The maximum atomic E-state index is 12.3. The second-order valence-corrected chi connectivity index (χ2v) is 5.56. The van der Waals surface area contributed by atoms with E-state index in [0.29, 0.717) is 23.9 Å². The number of ether oxygens (including phenoxy) is 2. The van der Waals surface area contributed by atoms with Crippen molar-refractivity contribution in [2.24, 2.45) is 0 Å². The van der Waals surface area contributed by atoms with Crippen LogP contribution in [0, 0.1) is 0 Å². The molecule has 1 heterocycles. The number of benzene rings is 2. The van der Waals surface area contributed by atoms with E-state index in [1.54, 1.807) is 31.4 Å². The first-order chi connectivity index (χ1) is 13.2. The molecule has 0 aliphatic rings. The second kappa shape index (κ2) is 8.66. The van der Waals surface area contributed by atoms with Crippen LogP contribution in [0.15, 0.2) is 60.9 Å². The van der Waals surface area contributed by atoms with E-state index in [9.17, 15) is 4.79 Å². The molecule has 138 valence electrons. The van der Waals surface area contributed by atoms with E-state index >= 15 is 0 Å². The summed E-state index contributed by atoms with van der Waals surface area (Å²) in [6.07, 6.45) is 2.93. The first-order valence-electron chi connectivity index (χ1n) is 8.45. The Kier molecular flexibility index (Phi) is 5.84. The Morgan fingerprint density at radius 3 is 2.48 bits per heavy atom. The summed E-state index contributed by atoms with van der Waals surface area (Å²) in [7, 11) is 1.57. The number of hydrogen-bond acceptors (Lipinski definition) is 6. The van der Waals surface area contributed by atoms with Crippen molar-refractivity contribution in [3.8, 4) is 11.5 Å². The normalized spacial score (nSPS) is 10.1. The molecule has 0 saturated carbocycles. The van der Waals surface area contributed by atoms with Crippen LogP contribution in [0.5, 0.6) is 11.5 Å². The highest BCUT2D eigenvalue weighted by Crippen LogP contribution is 2.19. The average Bonchev–Trinajstić information content (AvgIpc) is 2.70. The topological polar surface area (TPSA) is 85.4 Å². The Balaban J connectivity index is 1.62. The van der Waals surface area contributed by atoms with Gasteiger partial charge in [0.2, 0.25) is 0 Å². The fourth-order valence-electron chi connectivity index (χ4n) is 2.35. The van der Waals surface area contributed by atoms with E-state index < -0.39 is 0 Å². The summed E-state index contributed by atoms with van der Waals surface area (Å²) in [6, 6.07) is 14.6. The molecule has 7 heteroatoms. The summed E-state index contributed by atoms with van der Waals surface area (Å²) in [6.45, 7) is 2.56. The number of hydrogen-bond donors (Lipinski definition) is 2. The Morgan fingerprint density at radius 2 is 1.81 bits per heavy atom. The first kappa shape index (κ1) is 18.2. The number of methoxy groups -OCH3 is 1. The first-order valence-corrected chi connectivity index (χ1v) is 8.45. The van der Waals surface area contributed by atoms with E-state index in [1.807, 2.05) is 31.2 Å².